The number of sulfonamides is 1. The molecule has 0 amide bonds. The van der Waals surface area contributed by atoms with Gasteiger partial charge in [0, 0.05) is 12.4 Å². The normalized spacial score (nSPS) is 11.4. The number of rotatable bonds is 8. The van der Waals surface area contributed by atoms with E-state index < -0.39 is 10.0 Å². The van der Waals surface area contributed by atoms with Crippen molar-refractivity contribution in [1.82, 2.24) is 19.9 Å². The van der Waals surface area contributed by atoms with E-state index >= 15 is 0 Å². The Morgan fingerprint density at radius 3 is 2.26 bits per heavy atom. The highest BCUT2D eigenvalue weighted by atomic mass is 35.5. The number of hydrogen-bond donors (Lipinski definition) is 1. The molecule has 0 aliphatic rings. The van der Waals surface area contributed by atoms with Crippen LogP contribution in [0.5, 0.6) is 17.2 Å². The van der Waals surface area contributed by atoms with E-state index in [-0.39, 0.29) is 28.4 Å². The summed E-state index contributed by atoms with van der Waals surface area (Å²) in [5, 5.41) is 0.872. The number of halogens is 1. The highest BCUT2D eigenvalue weighted by Crippen LogP contribution is 2.39. The summed E-state index contributed by atoms with van der Waals surface area (Å²) in [6.07, 6.45) is 4.46. The molecule has 0 saturated carbocycles. The molecule has 0 fully saturated rings. The lowest BCUT2D eigenvalue weighted by Crippen LogP contribution is -2.13. The van der Waals surface area contributed by atoms with Crippen LogP contribution < -0.4 is 14.2 Å². The van der Waals surface area contributed by atoms with Crippen molar-refractivity contribution in [1.29, 1.82) is 0 Å². The van der Waals surface area contributed by atoms with Crippen LogP contribution in [-0.2, 0) is 10.0 Å². The number of ether oxygens (including phenoxy) is 2. The van der Waals surface area contributed by atoms with Crippen molar-refractivity contribution in [3.8, 4) is 28.9 Å². The predicted octanol–water partition coefficient (Wildman–Crippen LogP) is 4.80. The van der Waals surface area contributed by atoms with Crippen molar-refractivity contribution in [2.24, 2.45) is 0 Å². The average molecular weight is 496 g/mol. The Labute approximate surface area is 201 Å². The Morgan fingerprint density at radius 2 is 1.56 bits per heavy atom. The molecule has 11 heteroatoms. The van der Waals surface area contributed by atoms with Gasteiger partial charge in [-0.25, -0.2) is 28.4 Å². The van der Waals surface area contributed by atoms with E-state index in [1.807, 2.05) is 6.07 Å². The van der Waals surface area contributed by atoms with E-state index in [9.17, 15) is 8.42 Å². The SMILES string of the molecule is COc1ccccc1Oc1c(Cl)nc(-c2ncccn2)nc1NS(=O)(=O)/C=C/c1ccccc1. The molecule has 0 aliphatic carbocycles. The fourth-order valence-electron chi connectivity index (χ4n) is 2.81. The Morgan fingerprint density at radius 1 is 0.882 bits per heavy atom. The quantitative estimate of drug-likeness (QED) is 0.346. The first-order chi connectivity index (χ1) is 16.4. The summed E-state index contributed by atoms with van der Waals surface area (Å²) in [5.41, 5.74) is 0.706. The third kappa shape index (κ3) is 5.66. The van der Waals surface area contributed by atoms with E-state index in [4.69, 9.17) is 21.1 Å². The highest BCUT2D eigenvalue weighted by Gasteiger charge is 2.22. The minimum Gasteiger partial charge on any atom is -0.493 e. The molecule has 172 valence electrons. The van der Waals surface area contributed by atoms with Crippen molar-refractivity contribution in [3.63, 3.8) is 0 Å². The molecule has 4 aromatic rings. The van der Waals surface area contributed by atoms with Gasteiger partial charge in [-0.15, -0.1) is 0 Å². The van der Waals surface area contributed by atoms with Crippen LogP contribution in [0.25, 0.3) is 17.7 Å². The number of hydrogen-bond acceptors (Lipinski definition) is 8. The Hall–Kier alpha value is -4.02. The topological polar surface area (TPSA) is 116 Å². The molecular formula is C23H18ClN5O4S. The molecule has 0 unspecified atom stereocenters. The molecule has 0 aliphatic heterocycles. The first kappa shape index (κ1) is 23.1. The summed E-state index contributed by atoms with van der Waals surface area (Å²) < 4.78 is 39.3. The monoisotopic (exact) mass is 495 g/mol. The molecule has 4 rings (SSSR count). The summed E-state index contributed by atoms with van der Waals surface area (Å²) >= 11 is 6.41. The van der Waals surface area contributed by atoms with Gasteiger partial charge in [-0.05, 0) is 29.8 Å². The van der Waals surface area contributed by atoms with Crippen LogP contribution in [-0.4, -0.2) is 35.5 Å². The second-order valence-corrected chi connectivity index (χ2v) is 8.63. The minimum atomic E-state index is -4.01. The van der Waals surface area contributed by atoms with Crippen LogP contribution in [0.2, 0.25) is 5.15 Å². The molecule has 2 aromatic carbocycles. The number of para-hydroxylation sites is 2. The second-order valence-electron chi connectivity index (χ2n) is 6.70. The van der Waals surface area contributed by atoms with Crippen LogP contribution in [0.3, 0.4) is 0 Å². The zero-order valence-electron chi connectivity index (χ0n) is 17.8. The molecule has 0 saturated heterocycles. The number of methoxy groups -OCH3 is 1. The number of nitrogens with zero attached hydrogens (tertiary/aromatic N) is 4. The lowest BCUT2D eigenvalue weighted by Gasteiger charge is -2.15. The summed E-state index contributed by atoms with van der Waals surface area (Å²) in [4.78, 5) is 16.7. The van der Waals surface area contributed by atoms with Gasteiger partial charge in [0.2, 0.25) is 11.6 Å². The Kier molecular flexibility index (Phi) is 7.00. The van der Waals surface area contributed by atoms with Crippen LogP contribution in [0, 0.1) is 0 Å². The molecule has 1 N–H and O–H groups in total. The summed E-state index contributed by atoms with van der Waals surface area (Å²) in [6, 6.07) is 17.4. The molecule has 0 bridgehead atoms. The van der Waals surface area contributed by atoms with Gasteiger partial charge in [0.15, 0.2) is 28.3 Å². The summed E-state index contributed by atoms with van der Waals surface area (Å²) in [6.45, 7) is 0. The zero-order valence-corrected chi connectivity index (χ0v) is 19.4. The lowest BCUT2D eigenvalue weighted by atomic mass is 10.2. The third-order valence-electron chi connectivity index (χ3n) is 4.35. The summed E-state index contributed by atoms with van der Waals surface area (Å²) in [5.74, 6) is 0.580. The fourth-order valence-corrected chi connectivity index (χ4v) is 3.83. The number of benzene rings is 2. The first-order valence-corrected chi connectivity index (χ1v) is 11.8. The third-order valence-corrected chi connectivity index (χ3v) is 5.58. The van der Waals surface area contributed by atoms with Gasteiger partial charge in [0.25, 0.3) is 10.0 Å². The first-order valence-electron chi connectivity index (χ1n) is 9.87. The molecule has 0 radical (unpaired) electrons. The van der Waals surface area contributed by atoms with Gasteiger partial charge in [-0.2, -0.15) is 0 Å². The molecule has 0 spiro atoms. The molecule has 2 heterocycles. The molecular weight excluding hydrogens is 478 g/mol. The Bertz CT molecular complexity index is 1420. The van der Waals surface area contributed by atoms with E-state index in [1.165, 1.54) is 25.6 Å². The molecule has 2 aromatic heterocycles. The number of anilines is 1. The van der Waals surface area contributed by atoms with Crippen LogP contribution in [0.1, 0.15) is 5.56 Å². The average Bonchev–Trinajstić information content (AvgIpc) is 2.86. The highest BCUT2D eigenvalue weighted by molar-refractivity contribution is 7.95. The van der Waals surface area contributed by atoms with Crippen LogP contribution in [0.4, 0.5) is 5.82 Å². The number of nitrogens with one attached hydrogen (secondary N) is 1. The minimum absolute atomic E-state index is 0.0164. The van der Waals surface area contributed by atoms with Crippen LogP contribution in [0.15, 0.2) is 78.5 Å². The van der Waals surface area contributed by atoms with Gasteiger partial charge in [0.05, 0.1) is 12.5 Å². The Balaban J connectivity index is 1.76. The van der Waals surface area contributed by atoms with Crippen molar-refractivity contribution < 1.29 is 17.9 Å². The van der Waals surface area contributed by atoms with Gasteiger partial charge in [0.1, 0.15) is 0 Å². The summed E-state index contributed by atoms with van der Waals surface area (Å²) in [7, 11) is -2.53. The van der Waals surface area contributed by atoms with Gasteiger partial charge in [-0.3, -0.25) is 4.72 Å². The lowest BCUT2D eigenvalue weighted by molar-refractivity contribution is 0.378. The smallest absolute Gasteiger partial charge is 0.256 e. The van der Waals surface area contributed by atoms with Gasteiger partial charge < -0.3 is 9.47 Å². The van der Waals surface area contributed by atoms with Crippen molar-refractivity contribution >= 4 is 33.5 Å². The molecule has 34 heavy (non-hydrogen) atoms. The zero-order chi connectivity index (χ0) is 24.0. The maximum atomic E-state index is 12.8. The van der Waals surface area contributed by atoms with Crippen molar-refractivity contribution in [2.75, 3.05) is 11.8 Å². The fraction of sp³-hybridized carbons (Fsp3) is 0.0435. The van der Waals surface area contributed by atoms with E-state index in [0.29, 0.717) is 17.1 Å². The maximum absolute atomic E-state index is 12.8. The van der Waals surface area contributed by atoms with Gasteiger partial charge >= 0.3 is 0 Å². The van der Waals surface area contributed by atoms with Gasteiger partial charge in [-0.1, -0.05) is 54.1 Å². The second kappa shape index (κ2) is 10.3. The van der Waals surface area contributed by atoms with E-state index in [2.05, 4.69) is 24.7 Å². The van der Waals surface area contributed by atoms with Crippen LogP contribution >= 0.6 is 11.6 Å². The van der Waals surface area contributed by atoms with Crippen molar-refractivity contribution in [3.05, 3.63) is 89.2 Å². The largest absolute Gasteiger partial charge is 0.493 e. The van der Waals surface area contributed by atoms with E-state index in [0.717, 1.165) is 5.41 Å². The molecule has 0 atom stereocenters. The number of aromatic nitrogens is 4. The standard InChI is InChI=1S/C23H18ClN5O4S/c1-32-17-10-5-6-11-18(17)33-19-20(24)27-23(22-25-13-7-14-26-22)28-21(19)29-34(30,31)15-12-16-8-3-2-4-9-16/h2-15H,1H3,(H,27,28,29)/b15-12+. The van der Waals surface area contributed by atoms with E-state index in [1.54, 1.807) is 54.6 Å². The predicted molar refractivity (Wildman–Crippen MR) is 129 cm³/mol. The maximum Gasteiger partial charge on any atom is 0.256 e. The van der Waals surface area contributed by atoms with Crippen molar-refractivity contribution in [2.45, 2.75) is 0 Å². The molecule has 9 nitrogen and oxygen atoms in total.